The monoisotopic (exact) mass is 268 g/mol. The average molecular weight is 268 g/mol. The summed E-state index contributed by atoms with van der Waals surface area (Å²) in [6.45, 7) is 1.46. The van der Waals surface area contributed by atoms with Crippen LogP contribution in [0.2, 0.25) is 0 Å². The van der Waals surface area contributed by atoms with E-state index >= 15 is 0 Å². The number of carbonyl (C=O) groups is 1. The van der Waals surface area contributed by atoms with Gasteiger partial charge in [0.05, 0.1) is 4.92 Å². The highest BCUT2D eigenvalue weighted by Crippen LogP contribution is 2.21. The number of benzene rings is 1. The third kappa shape index (κ3) is 3.14. The minimum atomic E-state index is -0.461. The summed E-state index contributed by atoms with van der Waals surface area (Å²) in [6, 6.07) is 9.61. The van der Waals surface area contributed by atoms with Gasteiger partial charge < -0.3 is 0 Å². The van der Waals surface area contributed by atoms with Gasteiger partial charge in [-0.15, -0.1) is 0 Å². The zero-order valence-corrected chi connectivity index (χ0v) is 10.8. The zero-order chi connectivity index (χ0) is 14.5. The van der Waals surface area contributed by atoms with Crippen molar-refractivity contribution in [2.75, 3.05) is 0 Å². The van der Waals surface area contributed by atoms with E-state index in [0.29, 0.717) is 11.1 Å². The van der Waals surface area contributed by atoms with Gasteiger partial charge in [-0.05, 0) is 36.3 Å². The van der Waals surface area contributed by atoms with Gasteiger partial charge in [-0.3, -0.25) is 19.9 Å². The Balaban J connectivity index is 2.47. The number of nitrogens with zero attached hydrogens (tertiary/aromatic N) is 2. The molecule has 100 valence electrons. The maximum atomic E-state index is 11.7. The van der Waals surface area contributed by atoms with Crippen LogP contribution in [-0.2, 0) is 4.79 Å². The molecule has 0 radical (unpaired) electrons. The number of aromatic nitrogens is 1. The Kier molecular flexibility index (Phi) is 4.00. The lowest BCUT2D eigenvalue weighted by atomic mass is 10.0. The van der Waals surface area contributed by atoms with Crippen molar-refractivity contribution in [2.24, 2.45) is 0 Å². The van der Waals surface area contributed by atoms with Crippen LogP contribution in [-0.4, -0.2) is 15.7 Å². The molecule has 2 rings (SSSR count). The van der Waals surface area contributed by atoms with E-state index in [9.17, 15) is 14.9 Å². The zero-order valence-electron chi connectivity index (χ0n) is 10.8. The third-order valence-electron chi connectivity index (χ3n) is 2.76. The fourth-order valence-corrected chi connectivity index (χ4v) is 1.81. The fraction of sp³-hybridized carbons (Fsp3) is 0.0667. The van der Waals surface area contributed by atoms with Gasteiger partial charge in [0.2, 0.25) is 0 Å². The summed E-state index contributed by atoms with van der Waals surface area (Å²) in [7, 11) is 0. The lowest BCUT2D eigenvalue weighted by Gasteiger charge is -2.04. The molecule has 0 saturated heterocycles. The van der Waals surface area contributed by atoms with Gasteiger partial charge in [0.1, 0.15) is 0 Å². The van der Waals surface area contributed by atoms with Gasteiger partial charge in [-0.2, -0.15) is 0 Å². The first-order valence-electron chi connectivity index (χ1n) is 5.95. The van der Waals surface area contributed by atoms with E-state index in [1.807, 2.05) is 0 Å². The smallest absolute Gasteiger partial charge is 0.270 e. The third-order valence-corrected chi connectivity index (χ3v) is 2.76. The Hall–Kier alpha value is -2.82. The molecule has 0 amide bonds. The van der Waals surface area contributed by atoms with E-state index in [1.165, 1.54) is 19.1 Å². The molecule has 5 nitrogen and oxygen atoms in total. The number of nitro benzene ring substituents is 1. The van der Waals surface area contributed by atoms with Gasteiger partial charge in [0.25, 0.3) is 5.69 Å². The molecular formula is C15H12N2O3. The van der Waals surface area contributed by atoms with Crippen molar-refractivity contribution in [1.82, 2.24) is 4.98 Å². The highest BCUT2D eigenvalue weighted by atomic mass is 16.6. The van der Waals surface area contributed by atoms with Gasteiger partial charge >= 0.3 is 0 Å². The number of non-ortho nitro benzene ring substituents is 1. The van der Waals surface area contributed by atoms with Crippen molar-refractivity contribution in [3.8, 4) is 0 Å². The van der Waals surface area contributed by atoms with Crippen LogP contribution in [0.4, 0.5) is 5.69 Å². The molecule has 0 aliphatic carbocycles. The molecule has 0 aliphatic rings. The van der Waals surface area contributed by atoms with Crippen molar-refractivity contribution in [1.29, 1.82) is 0 Å². The predicted molar refractivity (Wildman–Crippen MR) is 75.9 cm³/mol. The summed E-state index contributed by atoms with van der Waals surface area (Å²) in [5.41, 5.74) is 1.84. The maximum absolute atomic E-state index is 11.7. The summed E-state index contributed by atoms with van der Waals surface area (Å²) in [6.07, 6.45) is 4.84. The molecule has 1 aromatic carbocycles. The van der Waals surface area contributed by atoms with Crippen LogP contribution in [0.3, 0.4) is 0 Å². The number of rotatable bonds is 4. The Morgan fingerprint density at radius 3 is 2.55 bits per heavy atom. The Morgan fingerprint density at radius 1 is 1.25 bits per heavy atom. The SMILES string of the molecule is CC(=O)/C(=C/c1cccc([N+](=O)[O-])c1)c1ccncc1. The van der Waals surface area contributed by atoms with Crippen molar-refractivity contribution < 1.29 is 9.72 Å². The highest BCUT2D eigenvalue weighted by molar-refractivity contribution is 6.24. The van der Waals surface area contributed by atoms with Gasteiger partial charge in [0, 0.05) is 30.1 Å². The number of Topliss-reactive ketones (excluding diaryl/α,β-unsaturated/α-hetero) is 1. The molecule has 0 unspecified atom stereocenters. The van der Waals surface area contributed by atoms with Crippen LogP contribution in [0.1, 0.15) is 18.1 Å². The second kappa shape index (κ2) is 5.88. The van der Waals surface area contributed by atoms with Crippen LogP contribution < -0.4 is 0 Å². The second-order valence-electron chi connectivity index (χ2n) is 4.20. The summed E-state index contributed by atoms with van der Waals surface area (Å²) >= 11 is 0. The quantitative estimate of drug-likeness (QED) is 0.485. The second-order valence-corrected chi connectivity index (χ2v) is 4.20. The number of nitro groups is 1. The summed E-state index contributed by atoms with van der Waals surface area (Å²) in [4.78, 5) is 25.9. The Labute approximate surface area is 115 Å². The fourth-order valence-electron chi connectivity index (χ4n) is 1.81. The lowest BCUT2D eigenvalue weighted by Crippen LogP contribution is -1.96. The first-order valence-corrected chi connectivity index (χ1v) is 5.95. The van der Waals surface area contributed by atoms with Crippen LogP contribution in [0.25, 0.3) is 11.6 Å². The average Bonchev–Trinajstić information content (AvgIpc) is 2.45. The molecule has 5 heteroatoms. The lowest BCUT2D eigenvalue weighted by molar-refractivity contribution is -0.384. The van der Waals surface area contributed by atoms with E-state index in [0.717, 1.165) is 5.56 Å². The molecule has 0 N–H and O–H groups in total. The van der Waals surface area contributed by atoms with Gasteiger partial charge in [-0.1, -0.05) is 12.1 Å². The van der Waals surface area contributed by atoms with Crippen LogP contribution in [0.5, 0.6) is 0 Å². The number of hydrogen-bond acceptors (Lipinski definition) is 4. The number of pyridine rings is 1. The topological polar surface area (TPSA) is 73.1 Å². The van der Waals surface area contributed by atoms with Crippen molar-refractivity contribution >= 4 is 23.1 Å². The largest absolute Gasteiger partial charge is 0.294 e. The number of hydrogen-bond donors (Lipinski definition) is 0. The molecule has 0 saturated carbocycles. The normalized spacial score (nSPS) is 11.2. The Morgan fingerprint density at radius 2 is 1.95 bits per heavy atom. The summed E-state index contributed by atoms with van der Waals surface area (Å²) in [5, 5.41) is 10.8. The van der Waals surface area contributed by atoms with E-state index < -0.39 is 4.92 Å². The molecule has 0 spiro atoms. The Bertz CT molecular complexity index is 679. The molecule has 20 heavy (non-hydrogen) atoms. The van der Waals surface area contributed by atoms with E-state index in [-0.39, 0.29) is 11.5 Å². The first-order chi connectivity index (χ1) is 9.58. The number of carbonyl (C=O) groups excluding carboxylic acids is 1. The van der Waals surface area contributed by atoms with Crippen LogP contribution in [0, 0.1) is 10.1 Å². The molecule has 1 heterocycles. The molecule has 0 fully saturated rings. The molecular weight excluding hydrogens is 256 g/mol. The minimum absolute atomic E-state index is 0.00335. The minimum Gasteiger partial charge on any atom is -0.294 e. The molecule has 1 aromatic heterocycles. The summed E-state index contributed by atoms with van der Waals surface area (Å²) in [5.74, 6) is -0.109. The van der Waals surface area contributed by atoms with Crippen molar-refractivity contribution in [3.63, 3.8) is 0 Å². The maximum Gasteiger partial charge on any atom is 0.270 e. The van der Waals surface area contributed by atoms with E-state index in [2.05, 4.69) is 4.98 Å². The van der Waals surface area contributed by atoms with E-state index in [4.69, 9.17) is 0 Å². The van der Waals surface area contributed by atoms with Gasteiger partial charge in [0.15, 0.2) is 5.78 Å². The molecule has 0 aliphatic heterocycles. The number of ketones is 1. The first kappa shape index (κ1) is 13.6. The van der Waals surface area contributed by atoms with Crippen LogP contribution >= 0.6 is 0 Å². The van der Waals surface area contributed by atoms with Crippen molar-refractivity contribution in [3.05, 3.63) is 70.0 Å². The standard InChI is InChI=1S/C15H12N2O3/c1-11(18)15(13-5-7-16-8-6-13)10-12-3-2-4-14(9-12)17(19)20/h2-10H,1H3/b15-10-. The highest BCUT2D eigenvalue weighted by Gasteiger charge is 2.09. The van der Waals surface area contributed by atoms with E-state index in [1.54, 1.807) is 42.7 Å². The summed E-state index contributed by atoms with van der Waals surface area (Å²) < 4.78 is 0. The molecule has 0 bridgehead atoms. The molecule has 2 aromatic rings. The molecule has 0 atom stereocenters. The number of allylic oxidation sites excluding steroid dienone is 1. The van der Waals surface area contributed by atoms with Gasteiger partial charge in [-0.25, -0.2) is 0 Å². The van der Waals surface area contributed by atoms with Crippen molar-refractivity contribution in [2.45, 2.75) is 6.92 Å². The predicted octanol–water partition coefficient (Wildman–Crippen LogP) is 3.12. The van der Waals surface area contributed by atoms with Crippen LogP contribution in [0.15, 0.2) is 48.8 Å².